The Morgan fingerprint density at radius 2 is 2.00 bits per heavy atom. The molecule has 0 atom stereocenters. The first kappa shape index (κ1) is 13.5. The van der Waals surface area contributed by atoms with Crippen LogP contribution in [0.2, 0.25) is 0 Å². The first-order valence-corrected chi connectivity index (χ1v) is 7.00. The van der Waals surface area contributed by atoms with E-state index < -0.39 is 5.97 Å². The molecule has 0 aliphatic heterocycles. The lowest BCUT2D eigenvalue weighted by molar-refractivity contribution is 0.0695. The molecule has 0 unspecified atom stereocenters. The second-order valence-corrected chi connectivity index (χ2v) is 5.20. The van der Waals surface area contributed by atoms with E-state index in [0.717, 1.165) is 12.8 Å². The summed E-state index contributed by atoms with van der Waals surface area (Å²) in [4.78, 5) is 19.0. The molecule has 0 amide bonds. The van der Waals surface area contributed by atoms with E-state index in [-0.39, 0.29) is 11.6 Å². The number of ether oxygens (including phenoxy) is 1. The standard InChI is InChI=1S/C16H16N2O3/c1-10-14(15(19)20)9-17-16(18-10)21-13-7-6-11-4-2-3-5-12(11)8-13/h6-9H,2-5H2,1H3,(H,19,20). The van der Waals surface area contributed by atoms with Crippen LogP contribution in [-0.2, 0) is 12.8 Å². The van der Waals surface area contributed by atoms with Crippen LogP contribution in [0.4, 0.5) is 0 Å². The maximum Gasteiger partial charge on any atom is 0.339 e. The number of carbonyl (C=O) groups is 1. The number of rotatable bonds is 3. The molecular weight excluding hydrogens is 268 g/mol. The summed E-state index contributed by atoms with van der Waals surface area (Å²) in [7, 11) is 0. The number of benzene rings is 1. The quantitative estimate of drug-likeness (QED) is 0.937. The molecule has 0 saturated heterocycles. The van der Waals surface area contributed by atoms with Gasteiger partial charge in [0.25, 0.3) is 0 Å². The zero-order valence-electron chi connectivity index (χ0n) is 11.8. The molecule has 0 saturated carbocycles. The predicted octanol–water partition coefficient (Wildman–Crippen LogP) is 3.15. The molecule has 1 aliphatic carbocycles. The van der Waals surface area contributed by atoms with E-state index in [4.69, 9.17) is 9.84 Å². The van der Waals surface area contributed by atoms with E-state index in [9.17, 15) is 4.79 Å². The fourth-order valence-corrected chi connectivity index (χ4v) is 2.58. The van der Waals surface area contributed by atoms with Crippen LogP contribution in [0.1, 0.15) is 40.0 Å². The van der Waals surface area contributed by atoms with Gasteiger partial charge in [-0.05, 0) is 55.9 Å². The molecule has 1 N–H and O–H groups in total. The Hall–Kier alpha value is -2.43. The fraction of sp³-hybridized carbons (Fsp3) is 0.312. The van der Waals surface area contributed by atoms with Gasteiger partial charge in [0, 0.05) is 6.20 Å². The lowest BCUT2D eigenvalue weighted by Gasteiger charge is -2.16. The molecule has 21 heavy (non-hydrogen) atoms. The van der Waals surface area contributed by atoms with E-state index in [1.807, 2.05) is 12.1 Å². The van der Waals surface area contributed by atoms with Gasteiger partial charge in [-0.2, -0.15) is 4.98 Å². The third-order valence-electron chi connectivity index (χ3n) is 3.72. The first-order valence-electron chi connectivity index (χ1n) is 7.00. The zero-order chi connectivity index (χ0) is 14.8. The number of aromatic nitrogens is 2. The van der Waals surface area contributed by atoms with Crippen molar-refractivity contribution < 1.29 is 14.6 Å². The summed E-state index contributed by atoms with van der Waals surface area (Å²) in [6.07, 6.45) is 5.92. The van der Waals surface area contributed by atoms with Crippen molar-refractivity contribution in [2.45, 2.75) is 32.6 Å². The monoisotopic (exact) mass is 284 g/mol. The maximum absolute atomic E-state index is 10.9. The molecule has 1 aliphatic rings. The van der Waals surface area contributed by atoms with Gasteiger partial charge in [-0.1, -0.05) is 6.07 Å². The van der Waals surface area contributed by atoms with Crippen LogP contribution < -0.4 is 4.74 Å². The van der Waals surface area contributed by atoms with Gasteiger partial charge in [0.15, 0.2) is 0 Å². The second kappa shape index (κ2) is 5.52. The highest BCUT2D eigenvalue weighted by Crippen LogP contribution is 2.27. The van der Waals surface area contributed by atoms with Gasteiger partial charge in [-0.3, -0.25) is 0 Å². The lowest BCUT2D eigenvalue weighted by Crippen LogP contribution is -2.05. The number of aromatic carboxylic acids is 1. The summed E-state index contributed by atoms with van der Waals surface area (Å²) >= 11 is 0. The van der Waals surface area contributed by atoms with Crippen LogP contribution in [0.5, 0.6) is 11.8 Å². The summed E-state index contributed by atoms with van der Waals surface area (Å²) in [6, 6.07) is 6.20. The Labute approximate surface area is 122 Å². The van der Waals surface area contributed by atoms with Crippen molar-refractivity contribution in [3.05, 3.63) is 46.8 Å². The van der Waals surface area contributed by atoms with Gasteiger partial charge < -0.3 is 9.84 Å². The molecule has 1 heterocycles. The highest BCUT2D eigenvalue weighted by atomic mass is 16.5. The smallest absolute Gasteiger partial charge is 0.339 e. The predicted molar refractivity (Wildman–Crippen MR) is 76.9 cm³/mol. The van der Waals surface area contributed by atoms with E-state index >= 15 is 0 Å². The Morgan fingerprint density at radius 1 is 1.24 bits per heavy atom. The number of carboxylic acids is 1. The van der Waals surface area contributed by atoms with Gasteiger partial charge >= 0.3 is 12.0 Å². The molecule has 1 aromatic carbocycles. The van der Waals surface area contributed by atoms with Crippen LogP contribution in [0, 0.1) is 6.92 Å². The van der Waals surface area contributed by atoms with Crippen LogP contribution in [-0.4, -0.2) is 21.0 Å². The zero-order valence-corrected chi connectivity index (χ0v) is 11.8. The summed E-state index contributed by atoms with van der Waals surface area (Å²) in [5, 5.41) is 8.96. The van der Waals surface area contributed by atoms with Crippen molar-refractivity contribution in [3.8, 4) is 11.8 Å². The molecule has 0 fully saturated rings. The minimum absolute atomic E-state index is 0.0905. The van der Waals surface area contributed by atoms with Crippen LogP contribution in [0.3, 0.4) is 0 Å². The third kappa shape index (κ3) is 2.86. The van der Waals surface area contributed by atoms with Gasteiger partial charge in [-0.25, -0.2) is 9.78 Å². The van der Waals surface area contributed by atoms with Crippen molar-refractivity contribution in [3.63, 3.8) is 0 Å². The van der Waals surface area contributed by atoms with E-state index in [1.54, 1.807) is 6.92 Å². The Morgan fingerprint density at radius 3 is 2.71 bits per heavy atom. The number of nitrogens with zero attached hydrogens (tertiary/aromatic N) is 2. The third-order valence-corrected chi connectivity index (χ3v) is 3.72. The molecule has 0 radical (unpaired) electrons. The van der Waals surface area contributed by atoms with Gasteiger partial charge in [0.05, 0.1) is 11.3 Å². The van der Waals surface area contributed by atoms with E-state index in [2.05, 4.69) is 16.0 Å². The summed E-state index contributed by atoms with van der Waals surface area (Å²) in [5.41, 5.74) is 3.18. The van der Waals surface area contributed by atoms with Crippen LogP contribution in [0.15, 0.2) is 24.4 Å². The molecule has 0 spiro atoms. The number of fused-ring (bicyclic) bond motifs is 1. The summed E-state index contributed by atoms with van der Waals surface area (Å²) in [6.45, 7) is 1.63. The van der Waals surface area contributed by atoms with Crippen LogP contribution >= 0.6 is 0 Å². The van der Waals surface area contributed by atoms with Crippen molar-refractivity contribution in [1.82, 2.24) is 9.97 Å². The average Bonchev–Trinajstić information content (AvgIpc) is 2.47. The van der Waals surface area contributed by atoms with E-state index in [0.29, 0.717) is 11.4 Å². The minimum Gasteiger partial charge on any atom is -0.478 e. The Bertz CT molecular complexity index is 698. The molecular formula is C16H16N2O3. The Balaban J connectivity index is 1.83. The maximum atomic E-state index is 10.9. The molecule has 1 aromatic heterocycles. The average molecular weight is 284 g/mol. The number of hydrogen-bond donors (Lipinski definition) is 1. The second-order valence-electron chi connectivity index (χ2n) is 5.20. The SMILES string of the molecule is Cc1nc(Oc2ccc3c(c2)CCCC3)ncc1C(=O)O. The van der Waals surface area contributed by atoms with E-state index in [1.165, 1.54) is 30.2 Å². The molecule has 108 valence electrons. The van der Waals surface area contributed by atoms with Crippen molar-refractivity contribution in [2.24, 2.45) is 0 Å². The largest absolute Gasteiger partial charge is 0.478 e. The van der Waals surface area contributed by atoms with Crippen LogP contribution in [0.25, 0.3) is 0 Å². The number of aryl methyl sites for hydroxylation is 3. The lowest BCUT2D eigenvalue weighted by atomic mass is 9.92. The Kier molecular flexibility index (Phi) is 3.56. The van der Waals surface area contributed by atoms with Crippen molar-refractivity contribution in [1.29, 1.82) is 0 Å². The van der Waals surface area contributed by atoms with Gasteiger partial charge in [0.1, 0.15) is 5.75 Å². The normalized spacial score (nSPS) is 13.6. The summed E-state index contributed by atoms with van der Waals surface area (Å²) < 4.78 is 5.64. The molecule has 2 aromatic rings. The number of hydrogen-bond acceptors (Lipinski definition) is 4. The minimum atomic E-state index is -1.03. The highest BCUT2D eigenvalue weighted by molar-refractivity contribution is 5.88. The molecule has 3 rings (SSSR count). The molecule has 0 bridgehead atoms. The topological polar surface area (TPSA) is 72.3 Å². The van der Waals surface area contributed by atoms with Gasteiger partial charge in [-0.15, -0.1) is 0 Å². The summed E-state index contributed by atoms with van der Waals surface area (Å²) in [5.74, 6) is -0.342. The van der Waals surface area contributed by atoms with Crippen molar-refractivity contribution >= 4 is 5.97 Å². The first-order chi connectivity index (χ1) is 10.1. The van der Waals surface area contributed by atoms with Crippen molar-refractivity contribution in [2.75, 3.05) is 0 Å². The number of carboxylic acid groups (broad SMARTS) is 1. The molecule has 5 heteroatoms. The molecule has 5 nitrogen and oxygen atoms in total. The van der Waals surface area contributed by atoms with Gasteiger partial charge in [0.2, 0.25) is 0 Å². The highest BCUT2D eigenvalue weighted by Gasteiger charge is 2.13. The fourth-order valence-electron chi connectivity index (χ4n) is 2.58.